The van der Waals surface area contributed by atoms with Gasteiger partial charge in [-0.15, -0.1) is 11.8 Å². The van der Waals surface area contributed by atoms with E-state index in [1.807, 2.05) is 30.6 Å². The molecule has 0 radical (unpaired) electrons. The molecule has 3 aromatic carbocycles. The monoisotopic (exact) mass is 736 g/mol. The van der Waals surface area contributed by atoms with Crippen LogP contribution < -0.4 is 15.0 Å². The molecule has 9 heteroatoms. The van der Waals surface area contributed by atoms with E-state index in [1.54, 1.807) is 11.8 Å². The summed E-state index contributed by atoms with van der Waals surface area (Å²) in [7, 11) is 0. The lowest BCUT2D eigenvalue weighted by atomic mass is 9.97. The number of imidazole rings is 1. The van der Waals surface area contributed by atoms with Gasteiger partial charge in [0.2, 0.25) is 0 Å². The van der Waals surface area contributed by atoms with E-state index in [0.717, 1.165) is 128 Å². The van der Waals surface area contributed by atoms with Crippen LogP contribution >= 0.6 is 11.8 Å². The first-order valence-corrected chi connectivity index (χ1v) is 20.5. The van der Waals surface area contributed by atoms with Gasteiger partial charge in [0.15, 0.2) is 0 Å². The molecule has 1 unspecified atom stereocenters. The van der Waals surface area contributed by atoms with Crippen LogP contribution in [0.15, 0.2) is 83.5 Å². The number of nitrogens with one attached hydrogen (secondary N) is 1. The van der Waals surface area contributed by atoms with E-state index in [1.165, 1.54) is 17.8 Å². The second-order valence-electron chi connectivity index (χ2n) is 14.1. The standard InChI is InChI=1S/C44H56N4O4S/c1-4-6-23-50-25-26-52-40-17-12-35(13-18-40)36-14-21-42-38(27-36)28-37(11-7-8-22-48(42)29-34-10-9-24-51-30-34)44(49)46-39-15-19-41(20-16-39)53-31-43-33(3)45-32-47(43)5-2/h12-21,27-28,32,34H,4-11,22-26,29-31H2,1-3H3,(H,46,49)/b37-28+. The molecule has 2 aliphatic rings. The van der Waals surface area contributed by atoms with Crippen molar-refractivity contribution >= 4 is 35.1 Å². The van der Waals surface area contributed by atoms with Crippen LogP contribution in [0.2, 0.25) is 0 Å². The Labute approximate surface area is 320 Å². The molecule has 2 aliphatic heterocycles. The summed E-state index contributed by atoms with van der Waals surface area (Å²) in [4.78, 5) is 22.1. The number of nitrogens with zero attached hydrogens (tertiary/aromatic N) is 3. The minimum atomic E-state index is -0.0430. The summed E-state index contributed by atoms with van der Waals surface area (Å²) < 4.78 is 19.6. The second-order valence-corrected chi connectivity index (χ2v) is 15.1. The van der Waals surface area contributed by atoms with Gasteiger partial charge in [0.05, 0.1) is 30.9 Å². The SMILES string of the molecule is CCCCOCCOc1ccc(-c2ccc3c(c2)/C=C(/C(=O)Nc2ccc(SCc4c(C)ncn4CC)cc2)CCCCN3CC2CCCOC2)cc1. The van der Waals surface area contributed by atoms with Crippen LogP contribution in [-0.2, 0) is 26.6 Å². The summed E-state index contributed by atoms with van der Waals surface area (Å²) in [6.45, 7) is 12.8. The second kappa shape index (κ2) is 19.9. The Balaban J connectivity index is 1.19. The highest BCUT2D eigenvalue weighted by Gasteiger charge is 2.22. The quantitative estimate of drug-likeness (QED) is 0.0907. The summed E-state index contributed by atoms with van der Waals surface area (Å²) >= 11 is 1.79. The van der Waals surface area contributed by atoms with Crippen molar-refractivity contribution in [2.45, 2.75) is 82.9 Å². The van der Waals surface area contributed by atoms with Gasteiger partial charge in [-0.25, -0.2) is 4.98 Å². The fraction of sp³-hybridized carbons (Fsp3) is 0.455. The number of hydrogen-bond donors (Lipinski definition) is 1. The Morgan fingerprint density at radius 2 is 1.81 bits per heavy atom. The van der Waals surface area contributed by atoms with E-state index in [2.05, 4.69) is 89.1 Å². The average molecular weight is 737 g/mol. The number of ether oxygens (including phenoxy) is 3. The Hall–Kier alpha value is -4.05. The first-order chi connectivity index (χ1) is 26.0. The largest absolute Gasteiger partial charge is 0.491 e. The van der Waals surface area contributed by atoms with Crippen LogP contribution in [0, 0.1) is 12.8 Å². The molecule has 282 valence electrons. The van der Waals surface area contributed by atoms with Crippen LogP contribution in [0.1, 0.15) is 75.7 Å². The number of rotatable bonds is 16. The average Bonchev–Trinajstić information content (AvgIpc) is 3.59. The van der Waals surface area contributed by atoms with Crippen LogP contribution in [0.5, 0.6) is 5.75 Å². The number of thioether (sulfide) groups is 1. The Kier molecular flexibility index (Phi) is 14.5. The third-order valence-electron chi connectivity index (χ3n) is 10.2. The van der Waals surface area contributed by atoms with Crippen molar-refractivity contribution in [3.8, 4) is 16.9 Å². The molecule has 1 saturated heterocycles. The minimum absolute atomic E-state index is 0.0430. The highest BCUT2D eigenvalue weighted by atomic mass is 32.2. The summed E-state index contributed by atoms with van der Waals surface area (Å²) in [5, 5.41) is 3.21. The minimum Gasteiger partial charge on any atom is -0.491 e. The van der Waals surface area contributed by atoms with Crippen molar-refractivity contribution in [2.75, 3.05) is 56.3 Å². The van der Waals surface area contributed by atoms with E-state index in [0.29, 0.717) is 19.1 Å². The van der Waals surface area contributed by atoms with Gasteiger partial charge < -0.3 is 29.0 Å². The molecular weight excluding hydrogens is 681 g/mol. The summed E-state index contributed by atoms with van der Waals surface area (Å²) in [6.07, 6.45) is 11.2. The Morgan fingerprint density at radius 3 is 2.58 bits per heavy atom. The van der Waals surface area contributed by atoms with Gasteiger partial charge in [0.1, 0.15) is 12.4 Å². The molecular formula is C44H56N4O4S. The molecule has 0 saturated carbocycles. The lowest BCUT2D eigenvalue weighted by Gasteiger charge is -2.32. The molecule has 1 amide bonds. The predicted octanol–water partition coefficient (Wildman–Crippen LogP) is 9.81. The number of anilines is 2. The molecule has 4 aromatic rings. The van der Waals surface area contributed by atoms with Crippen LogP contribution in [-0.4, -0.2) is 61.6 Å². The summed E-state index contributed by atoms with van der Waals surface area (Å²) in [5.74, 6) is 2.16. The van der Waals surface area contributed by atoms with Crippen LogP contribution in [0.3, 0.4) is 0 Å². The van der Waals surface area contributed by atoms with Gasteiger partial charge in [-0.2, -0.15) is 0 Å². The molecule has 6 rings (SSSR count). The number of amides is 1. The molecule has 0 bridgehead atoms. The van der Waals surface area contributed by atoms with Gasteiger partial charge in [0.25, 0.3) is 5.91 Å². The molecule has 1 aromatic heterocycles. The van der Waals surface area contributed by atoms with Gasteiger partial charge in [-0.1, -0.05) is 31.5 Å². The zero-order valence-electron chi connectivity index (χ0n) is 31.8. The van der Waals surface area contributed by atoms with Gasteiger partial charge in [-0.05, 0) is 130 Å². The molecule has 1 N–H and O–H groups in total. The van der Waals surface area contributed by atoms with Crippen molar-refractivity contribution in [1.29, 1.82) is 0 Å². The first-order valence-electron chi connectivity index (χ1n) is 19.5. The maximum Gasteiger partial charge on any atom is 0.251 e. The predicted molar refractivity (Wildman–Crippen MR) is 218 cm³/mol. The van der Waals surface area contributed by atoms with Crippen molar-refractivity contribution in [1.82, 2.24) is 9.55 Å². The van der Waals surface area contributed by atoms with Crippen LogP contribution in [0.25, 0.3) is 17.2 Å². The number of fused-ring (bicyclic) bond motifs is 1. The van der Waals surface area contributed by atoms with Crippen LogP contribution in [0.4, 0.5) is 11.4 Å². The third-order valence-corrected chi connectivity index (χ3v) is 11.2. The van der Waals surface area contributed by atoms with E-state index < -0.39 is 0 Å². The molecule has 0 aliphatic carbocycles. The van der Waals surface area contributed by atoms with Gasteiger partial charge in [0, 0.05) is 60.4 Å². The van der Waals surface area contributed by atoms with E-state index >= 15 is 0 Å². The lowest BCUT2D eigenvalue weighted by Crippen LogP contribution is -2.34. The van der Waals surface area contributed by atoms with Crippen molar-refractivity contribution in [3.63, 3.8) is 0 Å². The van der Waals surface area contributed by atoms with Crippen molar-refractivity contribution in [2.24, 2.45) is 5.92 Å². The number of hydrogen-bond acceptors (Lipinski definition) is 7. The molecule has 8 nitrogen and oxygen atoms in total. The number of aromatic nitrogens is 2. The Morgan fingerprint density at radius 1 is 0.981 bits per heavy atom. The number of carbonyl (C=O) groups excluding carboxylic acids is 1. The van der Waals surface area contributed by atoms with Gasteiger partial charge in [-0.3, -0.25) is 4.79 Å². The zero-order chi connectivity index (χ0) is 36.8. The summed E-state index contributed by atoms with van der Waals surface area (Å²) in [6, 6.07) is 23.2. The zero-order valence-corrected chi connectivity index (χ0v) is 32.6. The molecule has 0 spiro atoms. The summed E-state index contributed by atoms with van der Waals surface area (Å²) in [5.41, 5.74) is 8.41. The molecule has 3 heterocycles. The number of aryl methyl sites for hydroxylation is 2. The maximum absolute atomic E-state index is 13.9. The van der Waals surface area contributed by atoms with Crippen molar-refractivity contribution < 1.29 is 19.0 Å². The molecule has 1 atom stereocenters. The number of carbonyl (C=O) groups is 1. The number of benzene rings is 3. The molecule has 1 fully saturated rings. The smallest absolute Gasteiger partial charge is 0.251 e. The normalized spacial score (nSPS) is 17.2. The fourth-order valence-corrected chi connectivity index (χ4v) is 8.05. The first kappa shape index (κ1) is 38.7. The highest BCUT2D eigenvalue weighted by molar-refractivity contribution is 7.98. The third kappa shape index (κ3) is 11.0. The van der Waals surface area contributed by atoms with Crippen molar-refractivity contribution in [3.05, 3.63) is 95.6 Å². The number of unbranched alkanes of at least 4 members (excludes halogenated alkanes) is 1. The van der Waals surface area contributed by atoms with E-state index in [-0.39, 0.29) is 5.91 Å². The fourth-order valence-electron chi connectivity index (χ4n) is 7.04. The maximum atomic E-state index is 13.9. The lowest BCUT2D eigenvalue weighted by molar-refractivity contribution is -0.112. The van der Waals surface area contributed by atoms with E-state index in [9.17, 15) is 4.79 Å². The highest BCUT2D eigenvalue weighted by Crippen LogP contribution is 2.34. The Bertz CT molecular complexity index is 1780. The molecule has 53 heavy (non-hydrogen) atoms. The van der Waals surface area contributed by atoms with E-state index in [4.69, 9.17) is 14.2 Å². The topological polar surface area (TPSA) is 77.8 Å². The van der Waals surface area contributed by atoms with Gasteiger partial charge >= 0.3 is 0 Å².